The van der Waals surface area contributed by atoms with Crippen LogP contribution in [0.2, 0.25) is 0 Å². The fourth-order valence-corrected chi connectivity index (χ4v) is 5.76. The molecule has 0 radical (unpaired) electrons. The molecule has 5 aromatic carbocycles. The Morgan fingerprint density at radius 2 is 0.625 bits per heavy atom. The lowest BCUT2D eigenvalue weighted by Crippen LogP contribution is -1.91. The smallest absolute Gasteiger partial charge is 0.266 e. The molecule has 9 rings (SSSR count). The lowest BCUT2D eigenvalue weighted by molar-refractivity contribution is 0.582. The van der Waals surface area contributed by atoms with Crippen LogP contribution in [-0.2, 0) is 0 Å². The normalized spacial score (nSPS) is 11.3. The summed E-state index contributed by atoms with van der Waals surface area (Å²) in [5.41, 5.74) is 8.70. The molecule has 8 heteroatoms. The van der Waals surface area contributed by atoms with Gasteiger partial charge >= 0.3 is 0 Å². The number of hydrogen-bond acceptors (Lipinski definition) is 8. The summed E-state index contributed by atoms with van der Waals surface area (Å²) in [6, 6.07) is 48.3. The van der Waals surface area contributed by atoms with E-state index < -0.39 is 0 Å². The second-order valence-corrected chi connectivity index (χ2v) is 11.3. The first-order valence-corrected chi connectivity index (χ1v) is 15.5. The van der Waals surface area contributed by atoms with E-state index in [1.165, 1.54) is 0 Å². The van der Waals surface area contributed by atoms with Crippen LogP contribution in [0.4, 0.5) is 0 Å². The van der Waals surface area contributed by atoms with Gasteiger partial charge in [-0.15, -0.1) is 20.4 Å². The third-order valence-corrected chi connectivity index (χ3v) is 8.29. The molecule has 0 aliphatic heterocycles. The van der Waals surface area contributed by atoms with Gasteiger partial charge in [0.1, 0.15) is 11.4 Å². The van der Waals surface area contributed by atoms with E-state index in [2.05, 4.69) is 44.7 Å². The summed E-state index contributed by atoms with van der Waals surface area (Å²) >= 11 is 0. The van der Waals surface area contributed by atoms with Gasteiger partial charge in [0, 0.05) is 21.9 Å². The molecule has 0 saturated carbocycles. The zero-order valence-electron chi connectivity index (χ0n) is 25.4. The molecule has 0 saturated heterocycles. The molecule has 0 unspecified atom stereocenters. The van der Waals surface area contributed by atoms with E-state index in [-0.39, 0.29) is 0 Å². The highest BCUT2D eigenvalue weighted by molar-refractivity contribution is 6.03. The van der Waals surface area contributed by atoms with Crippen LogP contribution in [-0.4, -0.2) is 30.4 Å². The fraction of sp³-hybridized carbons (Fsp3) is 0. The molecule has 226 valence electrons. The fourth-order valence-electron chi connectivity index (χ4n) is 5.76. The molecule has 0 N–H and O–H groups in total. The molecular weight excluding hydrogens is 596 g/mol. The van der Waals surface area contributed by atoms with Crippen LogP contribution < -0.4 is 0 Å². The average molecular weight is 621 g/mol. The van der Waals surface area contributed by atoms with Gasteiger partial charge in [-0.25, -0.2) is 9.97 Å². The van der Waals surface area contributed by atoms with E-state index in [4.69, 9.17) is 18.8 Å². The maximum Gasteiger partial charge on any atom is 0.266 e. The van der Waals surface area contributed by atoms with Crippen molar-refractivity contribution in [3.63, 3.8) is 0 Å². The second-order valence-electron chi connectivity index (χ2n) is 11.3. The Balaban J connectivity index is 1.02. The van der Waals surface area contributed by atoms with E-state index in [1.807, 2.05) is 121 Å². The number of nitrogens with zero attached hydrogens (tertiary/aromatic N) is 6. The van der Waals surface area contributed by atoms with Gasteiger partial charge in [-0.2, -0.15) is 0 Å². The van der Waals surface area contributed by atoms with Crippen molar-refractivity contribution in [2.75, 3.05) is 0 Å². The Morgan fingerprint density at radius 3 is 1.04 bits per heavy atom. The Hall–Kier alpha value is -6.80. The summed E-state index contributed by atoms with van der Waals surface area (Å²) in [7, 11) is 0. The molecule has 48 heavy (non-hydrogen) atoms. The molecule has 0 aliphatic rings. The van der Waals surface area contributed by atoms with Crippen molar-refractivity contribution in [3.05, 3.63) is 146 Å². The zero-order chi connectivity index (χ0) is 31.9. The molecule has 0 amide bonds. The Kier molecular flexibility index (Phi) is 6.61. The maximum atomic E-state index is 6.09. The van der Waals surface area contributed by atoms with E-state index in [9.17, 15) is 0 Å². The second kappa shape index (κ2) is 11.5. The first kappa shape index (κ1) is 27.5. The van der Waals surface area contributed by atoms with Gasteiger partial charge in [0.2, 0.25) is 11.8 Å². The van der Waals surface area contributed by atoms with Crippen molar-refractivity contribution in [2.45, 2.75) is 0 Å². The van der Waals surface area contributed by atoms with E-state index in [0.717, 1.165) is 44.2 Å². The summed E-state index contributed by atoms with van der Waals surface area (Å²) in [6.45, 7) is 0. The quantitative estimate of drug-likeness (QED) is 0.169. The average Bonchev–Trinajstić information content (AvgIpc) is 3.87. The Morgan fingerprint density at radius 1 is 0.292 bits per heavy atom. The summed E-state index contributed by atoms with van der Waals surface area (Å²) in [5, 5.41) is 19.1. The summed E-state index contributed by atoms with van der Waals surface area (Å²) in [4.78, 5) is 9.86. The molecule has 0 aliphatic carbocycles. The molecule has 0 atom stereocenters. The van der Waals surface area contributed by atoms with Crippen LogP contribution in [0.1, 0.15) is 0 Å². The SMILES string of the molecule is c1ccc(-c2ccc(-c3nnc(-c4ccc5ccc6ccc(-c7nnc(-c8ccc(-c9ccccc9)cc8)o7)nc6c5n4)o3)cc2)cc1. The topological polar surface area (TPSA) is 104 Å². The predicted octanol–water partition coefficient (Wildman–Crippen LogP) is 9.55. The minimum Gasteiger partial charge on any atom is -0.415 e. The predicted molar refractivity (Wildman–Crippen MR) is 185 cm³/mol. The van der Waals surface area contributed by atoms with Gasteiger partial charge in [-0.1, -0.05) is 109 Å². The summed E-state index contributed by atoms with van der Waals surface area (Å²) in [5.74, 6) is 1.50. The highest BCUT2D eigenvalue weighted by Gasteiger charge is 2.16. The van der Waals surface area contributed by atoms with Crippen molar-refractivity contribution < 1.29 is 8.83 Å². The van der Waals surface area contributed by atoms with Crippen LogP contribution in [0.3, 0.4) is 0 Å². The van der Waals surface area contributed by atoms with Crippen molar-refractivity contribution in [1.82, 2.24) is 30.4 Å². The third kappa shape index (κ3) is 5.07. The van der Waals surface area contributed by atoms with Crippen molar-refractivity contribution in [1.29, 1.82) is 0 Å². The van der Waals surface area contributed by atoms with Crippen LogP contribution in [0.15, 0.2) is 154 Å². The van der Waals surface area contributed by atoms with Crippen molar-refractivity contribution >= 4 is 21.8 Å². The number of benzene rings is 5. The standard InChI is InChI=1S/C40H24N6O2/c1-3-7-25(8-4-1)27-11-17-31(18-12-27)37-43-45-39(47-37)33-23-21-29-15-16-30-22-24-34(42-36(30)35(29)41-33)40-46-44-38(48-40)32-19-13-28(14-20-32)26-9-5-2-6-10-26/h1-24H. The molecule has 0 fully saturated rings. The molecule has 0 bridgehead atoms. The maximum absolute atomic E-state index is 6.09. The van der Waals surface area contributed by atoms with E-state index in [0.29, 0.717) is 46.0 Å². The summed E-state index contributed by atoms with van der Waals surface area (Å²) in [6.07, 6.45) is 0. The van der Waals surface area contributed by atoms with Gasteiger partial charge < -0.3 is 8.83 Å². The molecular formula is C40H24N6O2. The van der Waals surface area contributed by atoms with Gasteiger partial charge in [0.25, 0.3) is 11.8 Å². The van der Waals surface area contributed by atoms with Crippen LogP contribution in [0.25, 0.3) is 90.1 Å². The van der Waals surface area contributed by atoms with Crippen LogP contribution in [0.5, 0.6) is 0 Å². The molecule has 4 heterocycles. The van der Waals surface area contributed by atoms with Crippen molar-refractivity contribution in [2.24, 2.45) is 0 Å². The van der Waals surface area contributed by atoms with Crippen LogP contribution in [0, 0.1) is 0 Å². The molecule has 9 aromatic rings. The highest BCUT2D eigenvalue weighted by atomic mass is 16.4. The zero-order valence-corrected chi connectivity index (χ0v) is 25.4. The van der Waals surface area contributed by atoms with Gasteiger partial charge in [0.15, 0.2) is 0 Å². The number of fused-ring (bicyclic) bond motifs is 3. The third-order valence-electron chi connectivity index (χ3n) is 8.29. The van der Waals surface area contributed by atoms with Crippen molar-refractivity contribution in [3.8, 4) is 68.3 Å². The highest BCUT2D eigenvalue weighted by Crippen LogP contribution is 2.31. The first-order valence-electron chi connectivity index (χ1n) is 15.5. The summed E-state index contributed by atoms with van der Waals surface area (Å²) < 4.78 is 12.2. The van der Waals surface area contributed by atoms with E-state index >= 15 is 0 Å². The monoisotopic (exact) mass is 620 g/mol. The molecule has 0 spiro atoms. The number of pyridine rings is 2. The minimum absolute atomic E-state index is 0.326. The number of hydrogen-bond donors (Lipinski definition) is 0. The number of aromatic nitrogens is 6. The number of rotatable bonds is 6. The Bertz CT molecular complexity index is 2360. The first-order chi connectivity index (χ1) is 23.7. The molecule has 8 nitrogen and oxygen atoms in total. The lowest BCUT2D eigenvalue weighted by atomic mass is 10.0. The van der Waals surface area contributed by atoms with Crippen LogP contribution >= 0.6 is 0 Å². The van der Waals surface area contributed by atoms with Gasteiger partial charge in [-0.05, 0) is 58.7 Å². The van der Waals surface area contributed by atoms with Gasteiger partial charge in [-0.3, -0.25) is 0 Å². The molecule has 4 aromatic heterocycles. The minimum atomic E-state index is 0.326. The Labute approximate surface area is 274 Å². The lowest BCUT2D eigenvalue weighted by Gasteiger charge is -2.05. The van der Waals surface area contributed by atoms with Gasteiger partial charge in [0.05, 0.1) is 11.0 Å². The van der Waals surface area contributed by atoms with E-state index in [1.54, 1.807) is 0 Å². The largest absolute Gasteiger partial charge is 0.415 e.